The predicted octanol–water partition coefficient (Wildman–Crippen LogP) is 6.48. The maximum Gasteiger partial charge on any atom is 0.412 e. The monoisotopic (exact) mass is 535 g/mol. The number of benzene rings is 1. The second-order valence-electron chi connectivity index (χ2n) is 11.2. The molecule has 3 aromatic heterocycles. The summed E-state index contributed by atoms with van der Waals surface area (Å²) in [7, 11) is -0.636. The summed E-state index contributed by atoms with van der Waals surface area (Å²) < 4.78 is 13.5. The van der Waals surface area contributed by atoms with Crippen LogP contribution in [0.5, 0.6) is 0 Å². The third kappa shape index (κ3) is 7.33. The summed E-state index contributed by atoms with van der Waals surface area (Å²) in [5.74, 6) is 1.04. The number of fused-ring (bicyclic) bond motifs is 1. The number of amides is 1. The molecule has 0 aliphatic heterocycles. The molecule has 1 amide bonds. The van der Waals surface area contributed by atoms with Crippen LogP contribution < -0.4 is 5.32 Å². The fourth-order valence-corrected chi connectivity index (χ4v) is 4.50. The van der Waals surface area contributed by atoms with E-state index in [0.717, 1.165) is 45.0 Å². The highest BCUT2D eigenvalue weighted by molar-refractivity contribution is 8.32. The van der Waals surface area contributed by atoms with Gasteiger partial charge in [0, 0.05) is 22.4 Å². The number of carbonyl (C=O) groups is 1. The zero-order valence-corrected chi connectivity index (χ0v) is 24.1. The van der Waals surface area contributed by atoms with Crippen molar-refractivity contribution < 1.29 is 14.3 Å². The Morgan fingerprint density at radius 2 is 1.87 bits per heavy atom. The highest BCUT2D eigenvalue weighted by atomic mass is 32.3. The Hall–Kier alpha value is -3.43. The van der Waals surface area contributed by atoms with Crippen LogP contribution in [0, 0.1) is 6.92 Å². The van der Waals surface area contributed by atoms with E-state index in [1.54, 1.807) is 6.20 Å². The molecule has 0 spiro atoms. The molecule has 0 radical (unpaired) electrons. The largest absolute Gasteiger partial charge is 0.444 e. The van der Waals surface area contributed by atoms with E-state index in [-0.39, 0.29) is 0 Å². The quantitative estimate of drug-likeness (QED) is 0.260. The number of nitrogens with one attached hydrogen (secondary N) is 1. The van der Waals surface area contributed by atoms with Gasteiger partial charge in [0.25, 0.3) is 0 Å². The molecular formula is C29H37N5O3S. The van der Waals surface area contributed by atoms with Crippen molar-refractivity contribution in [2.24, 2.45) is 0 Å². The molecule has 0 aliphatic carbocycles. The van der Waals surface area contributed by atoms with Crippen molar-refractivity contribution in [3.63, 3.8) is 0 Å². The first-order valence-corrected chi connectivity index (χ1v) is 15.5. The van der Waals surface area contributed by atoms with Gasteiger partial charge in [0.1, 0.15) is 18.0 Å². The molecule has 1 aromatic carbocycles. The summed E-state index contributed by atoms with van der Waals surface area (Å²) in [5, 5.41) is 3.66. The van der Waals surface area contributed by atoms with Crippen molar-refractivity contribution in [3.05, 3.63) is 60.7 Å². The molecule has 1 N–H and O–H groups in total. The second kappa shape index (κ2) is 11.1. The summed E-state index contributed by atoms with van der Waals surface area (Å²) in [6.07, 6.45) is 9.78. The van der Waals surface area contributed by atoms with E-state index in [9.17, 15) is 4.79 Å². The Bertz CT molecular complexity index is 1440. The molecular weight excluding hydrogens is 498 g/mol. The van der Waals surface area contributed by atoms with Crippen LogP contribution in [0.3, 0.4) is 0 Å². The highest BCUT2D eigenvalue weighted by Crippen LogP contribution is 2.35. The van der Waals surface area contributed by atoms with Crippen LogP contribution in [0.25, 0.3) is 33.5 Å². The van der Waals surface area contributed by atoms with Crippen LogP contribution in [0.15, 0.2) is 55.0 Å². The second-order valence-corrected chi connectivity index (χ2v) is 15.8. The van der Waals surface area contributed by atoms with Gasteiger partial charge in [0.05, 0.1) is 41.7 Å². The fourth-order valence-electron chi connectivity index (χ4n) is 3.89. The fraction of sp³-hybridized carbons (Fsp3) is 0.379. The van der Waals surface area contributed by atoms with Gasteiger partial charge in [-0.15, -0.1) is 0 Å². The van der Waals surface area contributed by atoms with Gasteiger partial charge in [-0.1, -0.05) is 12.1 Å². The first-order chi connectivity index (χ1) is 17.9. The Balaban J connectivity index is 1.69. The molecule has 0 fully saturated rings. The van der Waals surface area contributed by atoms with E-state index >= 15 is 0 Å². The van der Waals surface area contributed by atoms with Crippen molar-refractivity contribution in [2.45, 2.75) is 40.0 Å². The van der Waals surface area contributed by atoms with Gasteiger partial charge in [-0.25, -0.2) is 19.8 Å². The number of aryl methyl sites for hydroxylation is 1. The SMILES string of the molecule is Cc1cccc(-c2ncn(COCCS(C)(C)C)c2-c2ccc3ncc(NC(=O)OC(C)(C)C)cc3c2)n1. The van der Waals surface area contributed by atoms with E-state index in [0.29, 0.717) is 19.0 Å². The van der Waals surface area contributed by atoms with Crippen LogP contribution in [-0.4, -0.2) is 62.3 Å². The first-order valence-electron chi connectivity index (χ1n) is 12.5. The molecule has 0 saturated carbocycles. The van der Waals surface area contributed by atoms with Gasteiger partial charge in [0.2, 0.25) is 0 Å². The predicted molar refractivity (Wildman–Crippen MR) is 157 cm³/mol. The van der Waals surface area contributed by atoms with Gasteiger partial charge < -0.3 is 14.0 Å². The molecule has 4 rings (SSSR count). The van der Waals surface area contributed by atoms with Crippen LogP contribution in [0.4, 0.5) is 10.5 Å². The average Bonchev–Trinajstić information content (AvgIpc) is 3.23. The maximum absolute atomic E-state index is 12.3. The summed E-state index contributed by atoms with van der Waals surface area (Å²) in [4.78, 5) is 26.3. The summed E-state index contributed by atoms with van der Waals surface area (Å²) in [5.41, 5.74) is 5.17. The minimum absolute atomic E-state index is 0.389. The number of hydrogen-bond donors (Lipinski definition) is 1. The molecule has 4 aromatic rings. The molecule has 0 atom stereocenters. The van der Waals surface area contributed by atoms with Crippen LogP contribution in [0.1, 0.15) is 26.5 Å². The molecule has 0 aliphatic rings. The highest BCUT2D eigenvalue weighted by Gasteiger charge is 2.19. The Labute approximate surface area is 226 Å². The summed E-state index contributed by atoms with van der Waals surface area (Å²) in [6, 6.07) is 13.9. The lowest BCUT2D eigenvalue weighted by molar-refractivity contribution is 0.0636. The van der Waals surface area contributed by atoms with Crippen molar-refractivity contribution in [1.29, 1.82) is 0 Å². The molecule has 3 heterocycles. The van der Waals surface area contributed by atoms with E-state index in [2.05, 4.69) is 35.1 Å². The molecule has 202 valence electrons. The lowest BCUT2D eigenvalue weighted by Crippen LogP contribution is -2.27. The number of ether oxygens (including phenoxy) is 2. The smallest absolute Gasteiger partial charge is 0.412 e. The number of pyridine rings is 2. The van der Waals surface area contributed by atoms with Gasteiger partial charge in [-0.05, 0) is 76.8 Å². The number of aromatic nitrogens is 4. The third-order valence-corrected chi connectivity index (χ3v) is 7.03. The van der Waals surface area contributed by atoms with Crippen molar-refractivity contribution in [1.82, 2.24) is 19.5 Å². The lowest BCUT2D eigenvalue weighted by Gasteiger charge is -2.24. The van der Waals surface area contributed by atoms with E-state index in [1.165, 1.54) is 0 Å². The van der Waals surface area contributed by atoms with E-state index < -0.39 is 21.7 Å². The Morgan fingerprint density at radius 3 is 2.58 bits per heavy atom. The van der Waals surface area contributed by atoms with Crippen LogP contribution >= 0.6 is 10.0 Å². The summed E-state index contributed by atoms with van der Waals surface area (Å²) in [6.45, 7) is 8.54. The first kappa shape index (κ1) is 27.6. The summed E-state index contributed by atoms with van der Waals surface area (Å²) >= 11 is 0. The Kier molecular flexibility index (Phi) is 8.08. The number of nitrogens with zero attached hydrogens (tertiary/aromatic N) is 4. The Morgan fingerprint density at radius 1 is 1.08 bits per heavy atom. The topological polar surface area (TPSA) is 91.2 Å². The number of rotatable bonds is 8. The number of anilines is 1. The van der Waals surface area contributed by atoms with Crippen molar-refractivity contribution >= 4 is 32.7 Å². The minimum atomic E-state index is -0.636. The molecule has 0 saturated heterocycles. The average molecular weight is 536 g/mol. The number of hydrogen-bond acceptors (Lipinski definition) is 6. The molecule has 38 heavy (non-hydrogen) atoms. The minimum Gasteiger partial charge on any atom is -0.444 e. The molecule has 8 nitrogen and oxygen atoms in total. The van der Waals surface area contributed by atoms with E-state index in [4.69, 9.17) is 19.4 Å². The van der Waals surface area contributed by atoms with Crippen LogP contribution in [-0.2, 0) is 16.2 Å². The number of carbonyl (C=O) groups excluding carboxylic acids is 1. The zero-order valence-electron chi connectivity index (χ0n) is 23.2. The third-order valence-electron chi connectivity index (χ3n) is 5.64. The lowest BCUT2D eigenvalue weighted by atomic mass is 10.0. The molecule has 0 unspecified atom stereocenters. The van der Waals surface area contributed by atoms with Gasteiger partial charge in [-0.2, -0.15) is 0 Å². The van der Waals surface area contributed by atoms with Crippen molar-refractivity contribution in [2.75, 3.05) is 36.4 Å². The number of imidazole rings is 1. The van der Waals surface area contributed by atoms with Crippen molar-refractivity contribution in [3.8, 4) is 22.6 Å². The van der Waals surface area contributed by atoms with Crippen LogP contribution in [0.2, 0.25) is 0 Å². The standard InChI is InChI=1S/C29H37N5O3S/c1-20-9-8-10-25(32-20)26-27(34(18-31-26)19-36-13-14-38(5,6)7)21-11-12-24-22(15-21)16-23(17-30-24)33-28(35)37-29(2,3)4/h8-12,15-18H,13-14,19H2,1-7H3,(H,33,35). The molecule has 9 heteroatoms. The maximum atomic E-state index is 12.3. The normalized spacial score (nSPS) is 12.5. The van der Waals surface area contributed by atoms with E-state index in [1.807, 2.05) is 75.0 Å². The van der Waals surface area contributed by atoms with Gasteiger partial charge >= 0.3 is 6.09 Å². The van der Waals surface area contributed by atoms with Gasteiger partial charge in [-0.3, -0.25) is 15.3 Å². The zero-order chi connectivity index (χ0) is 27.5. The molecule has 0 bridgehead atoms. The van der Waals surface area contributed by atoms with Gasteiger partial charge in [0.15, 0.2) is 0 Å².